The summed E-state index contributed by atoms with van der Waals surface area (Å²) in [6.45, 7) is 0. The van der Waals surface area contributed by atoms with Gasteiger partial charge in [-0.2, -0.15) is 0 Å². The van der Waals surface area contributed by atoms with Gasteiger partial charge < -0.3 is 5.32 Å². The zero-order valence-electron chi connectivity index (χ0n) is 17.5. The molecule has 0 aliphatic carbocycles. The fraction of sp³-hybridized carbons (Fsp3) is 0. The number of rotatable bonds is 5. The summed E-state index contributed by atoms with van der Waals surface area (Å²) in [5.74, 6) is -1.05. The molecule has 0 aliphatic heterocycles. The first kappa shape index (κ1) is 24.7. The summed E-state index contributed by atoms with van der Waals surface area (Å²) >= 11 is 24.2. The van der Waals surface area contributed by atoms with E-state index < -0.39 is 11.8 Å². The molecule has 0 saturated carbocycles. The number of hydrogen-bond acceptors (Lipinski definition) is 6. The van der Waals surface area contributed by atoms with Crippen LogP contribution in [0, 0.1) is 0 Å². The standard InChI is InChI=1S/C23H14Cl4N6O2/c24-14-9-16(26)20(17(27)10-14)22(35)33-32-21(34)12-3-4-15(25)19(8-12)31-23-29-7-5-18(30-23)13-2-1-6-28-11-13/h1-11H,(H,32,34)(H,33,35)(H,29,30,31). The molecule has 0 atom stereocenters. The maximum absolute atomic E-state index is 12.6. The van der Waals surface area contributed by atoms with Crippen LogP contribution in [0.3, 0.4) is 0 Å². The second kappa shape index (κ2) is 10.9. The zero-order valence-corrected chi connectivity index (χ0v) is 20.5. The van der Waals surface area contributed by atoms with Gasteiger partial charge in [0.1, 0.15) is 0 Å². The van der Waals surface area contributed by atoms with E-state index in [0.717, 1.165) is 5.56 Å². The van der Waals surface area contributed by atoms with Crippen molar-refractivity contribution in [2.75, 3.05) is 5.32 Å². The van der Waals surface area contributed by atoms with Gasteiger partial charge >= 0.3 is 0 Å². The maximum atomic E-state index is 12.6. The fourth-order valence-corrected chi connectivity index (χ4v) is 4.14. The van der Waals surface area contributed by atoms with Crippen LogP contribution in [-0.4, -0.2) is 26.8 Å². The van der Waals surface area contributed by atoms with Crippen molar-refractivity contribution in [2.45, 2.75) is 0 Å². The Kier molecular flexibility index (Phi) is 7.67. The molecule has 0 fully saturated rings. The van der Waals surface area contributed by atoms with E-state index in [1.54, 1.807) is 30.7 Å². The lowest BCUT2D eigenvalue weighted by Gasteiger charge is -2.12. The lowest BCUT2D eigenvalue weighted by molar-refractivity contribution is 0.0847. The molecule has 0 radical (unpaired) electrons. The number of amides is 2. The average molecular weight is 548 g/mol. The van der Waals surface area contributed by atoms with Crippen molar-refractivity contribution in [3.8, 4) is 11.3 Å². The normalized spacial score (nSPS) is 10.5. The topological polar surface area (TPSA) is 109 Å². The summed E-state index contributed by atoms with van der Waals surface area (Å²) < 4.78 is 0. The molecule has 4 rings (SSSR count). The van der Waals surface area contributed by atoms with Gasteiger partial charge in [0.25, 0.3) is 11.8 Å². The second-order valence-electron chi connectivity index (χ2n) is 6.98. The van der Waals surface area contributed by atoms with Crippen LogP contribution in [-0.2, 0) is 0 Å². The summed E-state index contributed by atoms with van der Waals surface area (Å²) in [4.78, 5) is 37.8. The van der Waals surface area contributed by atoms with Gasteiger partial charge in [-0.15, -0.1) is 0 Å². The summed E-state index contributed by atoms with van der Waals surface area (Å²) in [5, 5.41) is 3.69. The van der Waals surface area contributed by atoms with Gasteiger partial charge in [-0.05, 0) is 48.5 Å². The van der Waals surface area contributed by atoms with Gasteiger partial charge in [0.05, 0.1) is 32.0 Å². The third kappa shape index (κ3) is 5.98. The minimum Gasteiger partial charge on any atom is -0.323 e. The molecule has 0 bridgehead atoms. The minimum absolute atomic E-state index is 0.0258. The summed E-state index contributed by atoms with van der Waals surface area (Å²) in [6.07, 6.45) is 4.94. The molecule has 0 saturated heterocycles. The van der Waals surface area contributed by atoms with Crippen molar-refractivity contribution < 1.29 is 9.59 Å². The van der Waals surface area contributed by atoms with Gasteiger partial charge in [0.15, 0.2) is 0 Å². The van der Waals surface area contributed by atoms with Crippen molar-refractivity contribution in [3.05, 3.63) is 98.3 Å². The molecule has 12 heteroatoms. The number of halogens is 4. The highest BCUT2D eigenvalue weighted by molar-refractivity contribution is 6.42. The molecule has 2 heterocycles. The Morgan fingerprint density at radius 3 is 2.26 bits per heavy atom. The van der Waals surface area contributed by atoms with Gasteiger partial charge in [-0.1, -0.05) is 46.4 Å². The third-order valence-corrected chi connectivity index (χ3v) is 5.76. The van der Waals surface area contributed by atoms with Crippen LogP contribution in [0.1, 0.15) is 20.7 Å². The quantitative estimate of drug-likeness (QED) is 0.265. The van der Waals surface area contributed by atoms with E-state index in [1.165, 1.54) is 30.3 Å². The van der Waals surface area contributed by atoms with Crippen molar-refractivity contribution in [1.82, 2.24) is 25.8 Å². The fourth-order valence-electron chi connectivity index (χ4n) is 2.98. The Hall–Kier alpha value is -3.43. The SMILES string of the molecule is O=C(NNC(=O)c1c(Cl)cc(Cl)cc1Cl)c1ccc(Cl)c(Nc2nccc(-c3cccnc3)n2)c1. The highest BCUT2D eigenvalue weighted by Gasteiger charge is 2.17. The Labute approximate surface area is 219 Å². The van der Waals surface area contributed by atoms with Gasteiger partial charge in [-0.3, -0.25) is 25.4 Å². The maximum Gasteiger partial charge on any atom is 0.272 e. The van der Waals surface area contributed by atoms with Gasteiger partial charge in [0.2, 0.25) is 5.95 Å². The summed E-state index contributed by atoms with van der Waals surface area (Å²) in [7, 11) is 0. The molecule has 0 aliphatic rings. The van der Waals surface area contributed by atoms with Gasteiger partial charge in [-0.25, -0.2) is 9.97 Å². The van der Waals surface area contributed by atoms with Crippen LogP contribution < -0.4 is 16.2 Å². The average Bonchev–Trinajstić information content (AvgIpc) is 2.84. The number of hydrogen-bond donors (Lipinski definition) is 3. The van der Waals surface area contributed by atoms with Crippen LogP contribution in [0.25, 0.3) is 11.3 Å². The van der Waals surface area contributed by atoms with E-state index in [4.69, 9.17) is 46.4 Å². The van der Waals surface area contributed by atoms with E-state index >= 15 is 0 Å². The van der Waals surface area contributed by atoms with Crippen molar-refractivity contribution in [1.29, 1.82) is 0 Å². The van der Waals surface area contributed by atoms with Crippen molar-refractivity contribution in [2.24, 2.45) is 0 Å². The minimum atomic E-state index is -0.710. The Balaban J connectivity index is 1.48. The molecule has 3 N–H and O–H groups in total. The molecule has 176 valence electrons. The largest absolute Gasteiger partial charge is 0.323 e. The lowest BCUT2D eigenvalue weighted by Crippen LogP contribution is -2.41. The van der Waals surface area contributed by atoms with Crippen LogP contribution in [0.5, 0.6) is 0 Å². The highest BCUT2D eigenvalue weighted by Crippen LogP contribution is 2.29. The first-order valence-corrected chi connectivity index (χ1v) is 11.4. The van der Waals surface area contributed by atoms with Crippen LogP contribution in [0.2, 0.25) is 20.1 Å². The summed E-state index contributed by atoms with van der Waals surface area (Å²) in [5.41, 5.74) is 6.62. The molecule has 4 aromatic rings. The molecule has 8 nitrogen and oxygen atoms in total. The van der Waals surface area contributed by atoms with E-state index in [1.807, 2.05) is 6.07 Å². The lowest BCUT2D eigenvalue weighted by atomic mass is 10.2. The number of benzene rings is 2. The number of nitrogens with one attached hydrogen (secondary N) is 3. The number of carbonyl (C=O) groups excluding carboxylic acids is 2. The smallest absolute Gasteiger partial charge is 0.272 e. The van der Waals surface area contributed by atoms with Crippen LogP contribution in [0.15, 0.2) is 67.1 Å². The molecule has 2 amide bonds. The highest BCUT2D eigenvalue weighted by atomic mass is 35.5. The van der Waals surface area contributed by atoms with Gasteiger partial charge in [0, 0.05) is 34.7 Å². The Morgan fingerprint density at radius 1 is 0.800 bits per heavy atom. The first-order chi connectivity index (χ1) is 16.8. The van der Waals surface area contributed by atoms with Crippen molar-refractivity contribution >= 4 is 69.9 Å². The number of carbonyl (C=O) groups is 2. The number of hydrazine groups is 1. The predicted molar refractivity (Wildman–Crippen MR) is 136 cm³/mol. The van der Waals surface area contributed by atoms with Crippen molar-refractivity contribution in [3.63, 3.8) is 0 Å². The van der Waals surface area contributed by atoms with Crippen LogP contribution >= 0.6 is 46.4 Å². The molecular formula is C23H14Cl4N6O2. The predicted octanol–water partition coefficient (Wildman–Crippen LogP) is 5.97. The second-order valence-corrected chi connectivity index (χ2v) is 8.64. The molecule has 35 heavy (non-hydrogen) atoms. The molecule has 2 aromatic heterocycles. The number of nitrogens with zero attached hydrogens (tertiary/aromatic N) is 3. The monoisotopic (exact) mass is 546 g/mol. The zero-order chi connectivity index (χ0) is 24.9. The molecular weight excluding hydrogens is 534 g/mol. The molecule has 0 unspecified atom stereocenters. The molecule has 0 spiro atoms. The first-order valence-electron chi connectivity index (χ1n) is 9.87. The number of pyridine rings is 1. The van der Waals surface area contributed by atoms with Crippen LogP contribution in [0.4, 0.5) is 11.6 Å². The van der Waals surface area contributed by atoms with E-state index in [-0.39, 0.29) is 32.1 Å². The Morgan fingerprint density at radius 2 is 1.54 bits per heavy atom. The summed E-state index contributed by atoms with van der Waals surface area (Å²) in [6, 6.07) is 12.7. The Bertz CT molecular complexity index is 1400. The number of aromatic nitrogens is 3. The number of anilines is 2. The molecule has 2 aromatic carbocycles. The van der Waals surface area contributed by atoms with E-state index in [2.05, 4.69) is 31.1 Å². The van der Waals surface area contributed by atoms with E-state index in [9.17, 15) is 9.59 Å². The third-order valence-electron chi connectivity index (χ3n) is 4.61. The van der Waals surface area contributed by atoms with E-state index in [0.29, 0.717) is 16.4 Å².